The molecule has 68 valence electrons. The van der Waals surface area contributed by atoms with Crippen LogP contribution in [0.15, 0.2) is 24.3 Å². The summed E-state index contributed by atoms with van der Waals surface area (Å²) in [6, 6.07) is 6.49. The zero-order valence-electron chi connectivity index (χ0n) is 6.36. The van der Waals surface area contributed by atoms with Crippen LogP contribution in [0.2, 0.25) is 0 Å². The number of aliphatic carboxylic acids is 1. The molecule has 13 heavy (non-hydrogen) atoms. The van der Waals surface area contributed by atoms with Crippen LogP contribution in [-0.2, 0) is 9.59 Å². The summed E-state index contributed by atoms with van der Waals surface area (Å²) in [5, 5.41) is 8.22. The van der Waals surface area contributed by atoms with Gasteiger partial charge in [-0.25, -0.2) is 9.59 Å². The fraction of sp³-hybridized carbons (Fsp3) is 0. The highest BCUT2D eigenvalue weighted by atomic mass is 127. The third-order valence-corrected chi connectivity index (χ3v) is 1.92. The van der Waals surface area contributed by atoms with E-state index in [1.54, 1.807) is 12.1 Å². The molecule has 0 atom stereocenters. The molecule has 4 nitrogen and oxygen atoms in total. The van der Waals surface area contributed by atoms with Crippen LogP contribution in [0.25, 0.3) is 0 Å². The molecular weight excluding hydrogens is 287 g/mol. The van der Waals surface area contributed by atoms with Crippen LogP contribution in [0.4, 0.5) is 0 Å². The molecule has 5 heteroatoms. The Labute approximate surface area is 87.7 Å². The molecule has 0 radical (unpaired) electrons. The summed E-state index contributed by atoms with van der Waals surface area (Å²) in [7, 11) is 0. The van der Waals surface area contributed by atoms with Crippen molar-refractivity contribution in [1.82, 2.24) is 0 Å². The number of ether oxygens (including phenoxy) is 1. The minimum Gasteiger partial charge on any atom is -0.473 e. The van der Waals surface area contributed by atoms with Crippen molar-refractivity contribution in [3.63, 3.8) is 0 Å². The largest absolute Gasteiger partial charge is 0.473 e. The lowest BCUT2D eigenvalue weighted by molar-refractivity contribution is -0.158. The van der Waals surface area contributed by atoms with Gasteiger partial charge in [-0.1, -0.05) is 0 Å². The van der Waals surface area contributed by atoms with E-state index in [-0.39, 0.29) is 5.75 Å². The van der Waals surface area contributed by atoms with Gasteiger partial charge in [-0.3, -0.25) is 0 Å². The molecule has 0 amide bonds. The van der Waals surface area contributed by atoms with Crippen LogP contribution >= 0.6 is 22.6 Å². The quantitative estimate of drug-likeness (QED) is 0.366. The van der Waals surface area contributed by atoms with Crippen molar-refractivity contribution in [2.45, 2.75) is 0 Å². The van der Waals surface area contributed by atoms with Gasteiger partial charge in [0.2, 0.25) is 0 Å². The Kier molecular flexibility index (Phi) is 3.24. The summed E-state index contributed by atoms with van der Waals surface area (Å²) in [5.74, 6) is -2.65. The Balaban J connectivity index is 2.70. The average Bonchev–Trinajstić information content (AvgIpc) is 2.08. The van der Waals surface area contributed by atoms with Crippen LogP contribution in [0.1, 0.15) is 0 Å². The van der Waals surface area contributed by atoms with Crippen molar-refractivity contribution < 1.29 is 19.4 Å². The molecular formula is C8H5IO4. The fourth-order valence-electron chi connectivity index (χ4n) is 0.653. The summed E-state index contributed by atoms with van der Waals surface area (Å²) in [5.41, 5.74) is 0. The van der Waals surface area contributed by atoms with Crippen molar-refractivity contribution in [2.75, 3.05) is 0 Å². The zero-order chi connectivity index (χ0) is 9.84. The minimum absolute atomic E-state index is 0.229. The van der Waals surface area contributed by atoms with E-state index < -0.39 is 11.9 Å². The third-order valence-electron chi connectivity index (χ3n) is 1.20. The molecule has 1 rings (SSSR count). The highest BCUT2D eigenvalue weighted by Crippen LogP contribution is 2.13. The molecule has 0 aliphatic rings. The van der Waals surface area contributed by atoms with E-state index >= 15 is 0 Å². The lowest BCUT2D eigenvalue weighted by Crippen LogP contribution is -2.19. The Morgan fingerprint density at radius 3 is 2.23 bits per heavy atom. The van der Waals surface area contributed by atoms with Gasteiger partial charge in [0, 0.05) is 3.57 Å². The summed E-state index contributed by atoms with van der Waals surface area (Å²) in [4.78, 5) is 20.7. The van der Waals surface area contributed by atoms with E-state index in [4.69, 9.17) is 5.11 Å². The monoisotopic (exact) mass is 292 g/mol. The number of rotatable bonds is 1. The first-order valence-corrected chi connectivity index (χ1v) is 4.38. The minimum atomic E-state index is -1.60. The summed E-state index contributed by atoms with van der Waals surface area (Å²) >= 11 is 2.09. The second-order valence-corrected chi connectivity index (χ2v) is 3.39. The number of esters is 1. The first kappa shape index (κ1) is 9.97. The lowest BCUT2D eigenvalue weighted by Gasteiger charge is -1.99. The maximum Gasteiger partial charge on any atom is 0.422 e. The highest BCUT2D eigenvalue weighted by Gasteiger charge is 2.13. The SMILES string of the molecule is O=C(O)C(=O)Oc1ccc(I)cc1. The van der Waals surface area contributed by atoms with E-state index in [0.29, 0.717) is 0 Å². The number of carbonyl (C=O) groups excluding carboxylic acids is 1. The second kappa shape index (κ2) is 4.22. The van der Waals surface area contributed by atoms with E-state index in [1.165, 1.54) is 12.1 Å². The van der Waals surface area contributed by atoms with Gasteiger partial charge in [0.25, 0.3) is 0 Å². The van der Waals surface area contributed by atoms with Crippen molar-refractivity contribution in [3.8, 4) is 5.75 Å². The van der Waals surface area contributed by atoms with E-state index in [2.05, 4.69) is 27.3 Å². The fourth-order valence-corrected chi connectivity index (χ4v) is 1.01. The van der Waals surface area contributed by atoms with Gasteiger partial charge in [0.05, 0.1) is 0 Å². The predicted octanol–water partition coefficient (Wildman–Crippen LogP) is 1.28. The van der Waals surface area contributed by atoms with Crippen molar-refractivity contribution in [3.05, 3.63) is 27.8 Å². The van der Waals surface area contributed by atoms with Crippen LogP contribution in [-0.4, -0.2) is 17.0 Å². The van der Waals surface area contributed by atoms with Gasteiger partial charge in [0.1, 0.15) is 5.75 Å². The molecule has 1 aromatic rings. The first-order chi connectivity index (χ1) is 6.09. The number of carboxylic acid groups (broad SMARTS) is 1. The Morgan fingerprint density at radius 1 is 1.23 bits per heavy atom. The molecule has 0 spiro atoms. The van der Waals surface area contributed by atoms with Crippen LogP contribution in [0, 0.1) is 3.57 Å². The molecule has 0 aliphatic carbocycles. The molecule has 1 N–H and O–H groups in total. The smallest absolute Gasteiger partial charge is 0.422 e. The predicted molar refractivity (Wildman–Crippen MR) is 52.4 cm³/mol. The van der Waals surface area contributed by atoms with Gasteiger partial charge in [0.15, 0.2) is 0 Å². The molecule has 0 bridgehead atoms. The average molecular weight is 292 g/mol. The van der Waals surface area contributed by atoms with Crippen LogP contribution in [0.5, 0.6) is 5.75 Å². The first-order valence-electron chi connectivity index (χ1n) is 3.30. The van der Waals surface area contributed by atoms with Crippen LogP contribution in [0.3, 0.4) is 0 Å². The Bertz CT molecular complexity index is 331. The highest BCUT2D eigenvalue weighted by molar-refractivity contribution is 14.1. The number of carbonyl (C=O) groups is 2. The number of carboxylic acids is 1. The lowest BCUT2D eigenvalue weighted by atomic mass is 10.3. The van der Waals surface area contributed by atoms with Gasteiger partial charge < -0.3 is 9.84 Å². The maximum absolute atomic E-state index is 10.6. The molecule has 0 unspecified atom stereocenters. The van der Waals surface area contributed by atoms with E-state index in [9.17, 15) is 9.59 Å². The molecule has 0 saturated carbocycles. The van der Waals surface area contributed by atoms with Gasteiger partial charge in [-0.15, -0.1) is 0 Å². The number of hydrogen-bond acceptors (Lipinski definition) is 3. The summed E-state index contributed by atoms with van der Waals surface area (Å²) in [6.45, 7) is 0. The van der Waals surface area contributed by atoms with Crippen molar-refractivity contribution >= 4 is 34.5 Å². The Morgan fingerprint density at radius 2 is 1.77 bits per heavy atom. The summed E-state index contributed by atoms with van der Waals surface area (Å²) in [6.07, 6.45) is 0. The molecule has 0 saturated heterocycles. The van der Waals surface area contributed by atoms with Crippen LogP contribution < -0.4 is 4.74 Å². The normalized spacial score (nSPS) is 9.31. The second-order valence-electron chi connectivity index (χ2n) is 2.15. The maximum atomic E-state index is 10.6. The van der Waals surface area contributed by atoms with E-state index in [0.717, 1.165) is 3.57 Å². The molecule has 0 fully saturated rings. The molecule has 0 aliphatic heterocycles. The van der Waals surface area contributed by atoms with Gasteiger partial charge >= 0.3 is 11.9 Å². The number of benzene rings is 1. The zero-order valence-corrected chi connectivity index (χ0v) is 8.52. The standard InChI is InChI=1S/C8H5IO4/c9-5-1-3-6(4-2-5)13-8(12)7(10)11/h1-4H,(H,10,11). The number of hydrogen-bond donors (Lipinski definition) is 1. The van der Waals surface area contributed by atoms with Crippen molar-refractivity contribution in [1.29, 1.82) is 0 Å². The summed E-state index contributed by atoms with van der Waals surface area (Å²) < 4.78 is 5.47. The van der Waals surface area contributed by atoms with E-state index in [1.807, 2.05) is 0 Å². The molecule has 1 aromatic carbocycles. The third kappa shape index (κ3) is 3.02. The molecule has 0 aromatic heterocycles. The Hall–Kier alpha value is -1.11. The van der Waals surface area contributed by atoms with Gasteiger partial charge in [-0.05, 0) is 46.9 Å². The van der Waals surface area contributed by atoms with Gasteiger partial charge in [-0.2, -0.15) is 0 Å². The number of halogens is 1. The topological polar surface area (TPSA) is 63.6 Å². The molecule has 0 heterocycles. The van der Waals surface area contributed by atoms with Crippen molar-refractivity contribution in [2.24, 2.45) is 0 Å².